The highest BCUT2D eigenvalue weighted by Gasteiger charge is 2.53. The third-order valence-corrected chi connectivity index (χ3v) is 5.79. The fourth-order valence-electron chi connectivity index (χ4n) is 4.55. The minimum atomic E-state index is 0.0921. The first kappa shape index (κ1) is 15.8. The summed E-state index contributed by atoms with van der Waals surface area (Å²) >= 11 is 0. The zero-order valence-electron chi connectivity index (χ0n) is 14.2. The third kappa shape index (κ3) is 2.97. The molecule has 0 unspecified atom stereocenters. The van der Waals surface area contributed by atoms with Crippen LogP contribution in [0.5, 0.6) is 5.75 Å². The zero-order valence-corrected chi connectivity index (χ0v) is 14.2. The van der Waals surface area contributed by atoms with Crippen molar-refractivity contribution in [3.8, 4) is 5.75 Å². The molecule has 3 saturated heterocycles. The lowest BCUT2D eigenvalue weighted by atomic mass is 9.82. The van der Waals surface area contributed by atoms with Gasteiger partial charge in [-0.25, -0.2) is 4.79 Å². The fraction of sp³-hybridized carbons (Fsp3) is 0.632. The summed E-state index contributed by atoms with van der Waals surface area (Å²) in [5.41, 5.74) is 1.24. The van der Waals surface area contributed by atoms with Crippen LogP contribution >= 0.6 is 0 Å². The third-order valence-electron chi connectivity index (χ3n) is 5.79. The van der Waals surface area contributed by atoms with Crippen LogP contribution in [-0.2, 0) is 11.2 Å². The molecule has 24 heavy (non-hydrogen) atoms. The number of hydrogen-bond acceptors (Lipinski definition) is 3. The molecule has 5 heteroatoms. The molecule has 0 radical (unpaired) electrons. The van der Waals surface area contributed by atoms with Crippen molar-refractivity contribution in [1.82, 2.24) is 10.2 Å². The molecule has 0 saturated carbocycles. The minimum absolute atomic E-state index is 0.0921. The Morgan fingerprint density at radius 2 is 2.04 bits per heavy atom. The Balaban J connectivity index is 1.20. The van der Waals surface area contributed by atoms with Crippen LogP contribution in [0, 0.1) is 11.8 Å². The number of amides is 2. The summed E-state index contributed by atoms with van der Waals surface area (Å²) in [5, 5.41) is 3.08. The molecule has 1 N–H and O–H groups in total. The van der Waals surface area contributed by atoms with Crippen molar-refractivity contribution in [2.45, 2.75) is 37.9 Å². The molecule has 4 atom stereocenters. The van der Waals surface area contributed by atoms with Gasteiger partial charge in [0.05, 0.1) is 19.3 Å². The number of ether oxygens (including phenoxy) is 2. The van der Waals surface area contributed by atoms with Gasteiger partial charge in [0.15, 0.2) is 0 Å². The van der Waals surface area contributed by atoms with E-state index in [0.29, 0.717) is 30.6 Å². The van der Waals surface area contributed by atoms with E-state index in [-0.39, 0.29) is 6.03 Å². The van der Waals surface area contributed by atoms with E-state index < -0.39 is 0 Å². The average Bonchev–Trinajstić information content (AvgIpc) is 3.31. The molecule has 3 heterocycles. The first-order valence-corrected chi connectivity index (χ1v) is 9.06. The van der Waals surface area contributed by atoms with Gasteiger partial charge in [-0.05, 0) is 43.4 Å². The maximum atomic E-state index is 12.4. The molecule has 0 aromatic heterocycles. The van der Waals surface area contributed by atoms with Gasteiger partial charge in [0.25, 0.3) is 0 Å². The van der Waals surface area contributed by atoms with E-state index in [1.807, 2.05) is 17.0 Å². The highest BCUT2D eigenvalue weighted by Crippen LogP contribution is 2.47. The Bertz CT molecular complexity index is 588. The van der Waals surface area contributed by atoms with Crippen LogP contribution in [0.15, 0.2) is 24.3 Å². The molecule has 3 aliphatic heterocycles. The highest BCUT2D eigenvalue weighted by atomic mass is 16.5. The molecular formula is C19H26N2O3. The van der Waals surface area contributed by atoms with E-state index in [1.54, 1.807) is 7.11 Å². The van der Waals surface area contributed by atoms with Crippen LogP contribution in [0.25, 0.3) is 0 Å². The summed E-state index contributed by atoms with van der Waals surface area (Å²) in [5.74, 6) is 2.04. The molecule has 5 nitrogen and oxygen atoms in total. The molecule has 1 aromatic rings. The SMILES string of the molecule is COc1cccc(CCCNC(=O)N2C[C@@H]3[C@H](C2)[C@H]2CC[C@H]3O2)c1. The molecule has 0 spiro atoms. The second-order valence-electron chi connectivity index (χ2n) is 7.21. The lowest BCUT2D eigenvalue weighted by Crippen LogP contribution is -2.40. The van der Waals surface area contributed by atoms with Gasteiger partial charge < -0.3 is 19.7 Å². The zero-order chi connectivity index (χ0) is 16.5. The van der Waals surface area contributed by atoms with Crippen LogP contribution in [0.1, 0.15) is 24.8 Å². The number of rotatable bonds is 5. The highest BCUT2D eigenvalue weighted by molar-refractivity contribution is 5.74. The molecule has 4 rings (SSSR count). The fourth-order valence-corrected chi connectivity index (χ4v) is 4.55. The van der Waals surface area contributed by atoms with Crippen molar-refractivity contribution in [1.29, 1.82) is 0 Å². The van der Waals surface area contributed by atoms with E-state index in [0.717, 1.165) is 31.7 Å². The van der Waals surface area contributed by atoms with Crippen LogP contribution in [-0.4, -0.2) is 49.9 Å². The second kappa shape index (κ2) is 6.63. The maximum absolute atomic E-state index is 12.4. The van der Waals surface area contributed by atoms with E-state index in [9.17, 15) is 4.79 Å². The normalized spacial score (nSPS) is 30.5. The summed E-state index contributed by atoms with van der Waals surface area (Å²) in [6, 6.07) is 8.20. The van der Waals surface area contributed by atoms with E-state index in [2.05, 4.69) is 17.4 Å². The largest absolute Gasteiger partial charge is 0.497 e. The number of hydrogen-bond donors (Lipinski definition) is 1. The molecule has 2 bridgehead atoms. The number of aryl methyl sites for hydroxylation is 1. The average molecular weight is 330 g/mol. The summed E-state index contributed by atoms with van der Waals surface area (Å²) < 4.78 is 11.2. The Morgan fingerprint density at radius 3 is 2.75 bits per heavy atom. The number of carbonyl (C=O) groups is 1. The number of likely N-dealkylation sites (tertiary alicyclic amines) is 1. The lowest BCUT2D eigenvalue weighted by molar-refractivity contribution is 0.0739. The summed E-state index contributed by atoms with van der Waals surface area (Å²) in [4.78, 5) is 14.4. The van der Waals surface area contributed by atoms with Gasteiger partial charge in [0.2, 0.25) is 0 Å². The topological polar surface area (TPSA) is 50.8 Å². The van der Waals surface area contributed by atoms with Gasteiger partial charge in [-0.1, -0.05) is 12.1 Å². The van der Waals surface area contributed by atoms with Crippen LogP contribution in [0.2, 0.25) is 0 Å². The standard InChI is InChI=1S/C19H26N2O3/c1-23-14-6-2-4-13(10-14)5-3-9-20-19(22)21-11-15-16(12-21)18-8-7-17(15)24-18/h2,4,6,10,15-18H,3,5,7-9,11-12H2,1H3,(H,20,22)/t15-,16+,17-,18-/m1/s1. The number of benzene rings is 1. The Kier molecular flexibility index (Phi) is 4.35. The summed E-state index contributed by atoms with van der Waals surface area (Å²) in [6.45, 7) is 2.45. The number of nitrogens with one attached hydrogen (secondary N) is 1. The van der Waals surface area contributed by atoms with Crippen molar-refractivity contribution >= 4 is 6.03 Å². The Hall–Kier alpha value is -1.75. The van der Waals surface area contributed by atoms with Gasteiger partial charge in [0, 0.05) is 31.5 Å². The molecule has 130 valence electrons. The Morgan fingerprint density at radius 1 is 1.29 bits per heavy atom. The van der Waals surface area contributed by atoms with E-state index >= 15 is 0 Å². The summed E-state index contributed by atoms with van der Waals surface area (Å²) in [7, 11) is 1.68. The van der Waals surface area contributed by atoms with Crippen molar-refractivity contribution < 1.29 is 14.3 Å². The first-order chi connectivity index (χ1) is 11.7. The van der Waals surface area contributed by atoms with Gasteiger partial charge in [-0.15, -0.1) is 0 Å². The second-order valence-corrected chi connectivity index (χ2v) is 7.21. The molecule has 0 aliphatic carbocycles. The number of carbonyl (C=O) groups excluding carboxylic acids is 1. The van der Waals surface area contributed by atoms with Gasteiger partial charge in [-0.3, -0.25) is 0 Å². The smallest absolute Gasteiger partial charge is 0.317 e. The van der Waals surface area contributed by atoms with Crippen molar-refractivity contribution in [3.63, 3.8) is 0 Å². The molecule has 3 aliphatic rings. The predicted molar refractivity (Wildman–Crippen MR) is 91.2 cm³/mol. The number of nitrogens with zero attached hydrogens (tertiary/aromatic N) is 1. The van der Waals surface area contributed by atoms with Crippen molar-refractivity contribution in [2.24, 2.45) is 11.8 Å². The lowest BCUT2D eigenvalue weighted by Gasteiger charge is -2.19. The minimum Gasteiger partial charge on any atom is -0.497 e. The van der Waals surface area contributed by atoms with Crippen LogP contribution in [0.3, 0.4) is 0 Å². The van der Waals surface area contributed by atoms with Gasteiger partial charge in [-0.2, -0.15) is 0 Å². The Labute approximate surface area is 143 Å². The molecule has 3 fully saturated rings. The summed E-state index contributed by atoms with van der Waals surface area (Å²) in [6.07, 6.45) is 5.06. The monoisotopic (exact) mass is 330 g/mol. The van der Waals surface area contributed by atoms with E-state index in [4.69, 9.17) is 9.47 Å². The number of fused-ring (bicyclic) bond motifs is 5. The number of methoxy groups -OCH3 is 1. The maximum Gasteiger partial charge on any atom is 0.317 e. The molecular weight excluding hydrogens is 304 g/mol. The van der Waals surface area contributed by atoms with Crippen molar-refractivity contribution in [3.05, 3.63) is 29.8 Å². The molecule has 1 aromatic carbocycles. The van der Waals surface area contributed by atoms with Crippen LogP contribution < -0.4 is 10.1 Å². The number of urea groups is 1. The van der Waals surface area contributed by atoms with Crippen molar-refractivity contribution in [2.75, 3.05) is 26.7 Å². The first-order valence-electron chi connectivity index (χ1n) is 9.06. The molecule has 2 amide bonds. The van der Waals surface area contributed by atoms with E-state index in [1.165, 1.54) is 18.4 Å². The van der Waals surface area contributed by atoms with Gasteiger partial charge >= 0.3 is 6.03 Å². The van der Waals surface area contributed by atoms with Gasteiger partial charge in [0.1, 0.15) is 5.75 Å². The quantitative estimate of drug-likeness (QED) is 0.844. The predicted octanol–water partition coefficient (Wildman–Crippen LogP) is 2.45. The van der Waals surface area contributed by atoms with Crippen LogP contribution in [0.4, 0.5) is 4.79 Å².